The normalized spacial score (nSPS) is 19.0. The Hall–Kier alpha value is -0.610. The number of amides is 1. The van der Waals surface area contributed by atoms with Gasteiger partial charge >= 0.3 is 0 Å². The molecule has 16 heavy (non-hydrogen) atoms. The average molecular weight is 228 g/mol. The van der Waals surface area contributed by atoms with Crippen LogP contribution in [0.15, 0.2) is 0 Å². The zero-order chi connectivity index (χ0) is 12.2. The maximum Gasteiger partial charge on any atom is 0.234 e. The molecule has 0 spiro atoms. The van der Waals surface area contributed by atoms with Gasteiger partial charge < -0.3 is 15.4 Å². The molecule has 0 aromatic heterocycles. The third kappa shape index (κ3) is 4.10. The van der Waals surface area contributed by atoms with E-state index in [2.05, 4.69) is 24.5 Å². The Kier molecular flexibility index (Phi) is 4.33. The topological polar surface area (TPSA) is 50.4 Å². The first-order valence-electron chi connectivity index (χ1n) is 5.96. The standard InChI is InChI=1S/C12H24N2O2/c1-5-11(2,3)14-10(15)6-13-7-12(4)8-16-9-12/h13H,5-9H2,1-4H3,(H,14,15). The lowest BCUT2D eigenvalue weighted by Crippen LogP contribution is -2.51. The minimum atomic E-state index is -0.109. The number of carbonyl (C=O) groups excluding carboxylic acids is 1. The molecular weight excluding hydrogens is 204 g/mol. The molecule has 94 valence electrons. The molecule has 1 heterocycles. The maximum absolute atomic E-state index is 11.6. The van der Waals surface area contributed by atoms with Crippen molar-refractivity contribution in [2.45, 2.75) is 39.7 Å². The number of hydrogen-bond acceptors (Lipinski definition) is 3. The largest absolute Gasteiger partial charge is 0.380 e. The fraction of sp³-hybridized carbons (Fsp3) is 0.917. The van der Waals surface area contributed by atoms with Gasteiger partial charge in [-0.15, -0.1) is 0 Å². The molecule has 2 N–H and O–H groups in total. The van der Waals surface area contributed by atoms with Crippen molar-refractivity contribution in [1.29, 1.82) is 0 Å². The van der Waals surface area contributed by atoms with Crippen LogP contribution in [0.25, 0.3) is 0 Å². The zero-order valence-corrected chi connectivity index (χ0v) is 10.9. The van der Waals surface area contributed by atoms with Crippen LogP contribution in [-0.4, -0.2) is 37.7 Å². The highest BCUT2D eigenvalue weighted by atomic mass is 16.5. The maximum atomic E-state index is 11.6. The molecule has 1 rings (SSSR count). The number of rotatable bonds is 6. The summed E-state index contributed by atoms with van der Waals surface area (Å²) in [5.74, 6) is 0.0655. The second kappa shape index (κ2) is 5.15. The smallest absolute Gasteiger partial charge is 0.234 e. The molecule has 0 saturated carbocycles. The van der Waals surface area contributed by atoms with Gasteiger partial charge in [0, 0.05) is 17.5 Å². The minimum Gasteiger partial charge on any atom is -0.380 e. The van der Waals surface area contributed by atoms with Crippen molar-refractivity contribution >= 4 is 5.91 Å². The van der Waals surface area contributed by atoms with Crippen LogP contribution in [0.2, 0.25) is 0 Å². The van der Waals surface area contributed by atoms with Crippen molar-refractivity contribution in [2.75, 3.05) is 26.3 Å². The molecule has 1 saturated heterocycles. The monoisotopic (exact) mass is 228 g/mol. The van der Waals surface area contributed by atoms with Crippen LogP contribution in [0.3, 0.4) is 0 Å². The number of hydrogen-bond donors (Lipinski definition) is 2. The second-order valence-electron chi connectivity index (χ2n) is 5.69. The molecule has 0 unspecified atom stereocenters. The molecule has 1 amide bonds. The van der Waals surface area contributed by atoms with Crippen molar-refractivity contribution in [3.8, 4) is 0 Å². The lowest BCUT2D eigenvalue weighted by molar-refractivity contribution is -0.123. The molecular formula is C12H24N2O2. The van der Waals surface area contributed by atoms with Crippen LogP contribution in [-0.2, 0) is 9.53 Å². The van der Waals surface area contributed by atoms with E-state index in [-0.39, 0.29) is 16.9 Å². The van der Waals surface area contributed by atoms with Gasteiger partial charge in [0.25, 0.3) is 0 Å². The zero-order valence-electron chi connectivity index (χ0n) is 10.9. The lowest BCUT2D eigenvalue weighted by Gasteiger charge is -2.38. The Bertz CT molecular complexity index is 247. The highest BCUT2D eigenvalue weighted by molar-refractivity contribution is 5.78. The Morgan fingerprint density at radius 2 is 2.06 bits per heavy atom. The van der Waals surface area contributed by atoms with Gasteiger partial charge in [-0.05, 0) is 20.3 Å². The van der Waals surface area contributed by atoms with Crippen LogP contribution in [0.5, 0.6) is 0 Å². The van der Waals surface area contributed by atoms with Gasteiger partial charge in [0.15, 0.2) is 0 Å². The molecule has 1 aliphatic heterocycles. The summed E-state index contributed by atoms with van der Waals surface area (Å²) in [6.07, 6.45) is 0.935. The molecule has 0 aromatic carbocycles. The van der Waals surface area contributed by atoms with E-state index in [1.54, 1.807) is 0 Å². The predicted molar refractivity (Wildman–Crippen MR) is 64.3 cm³/mol. The first-order valence-corrected chi connectivity index (χ1v) is 5.96. The fourth-order valence-corrected chi connectivity index (χ4v) is 1.54. The molecule has 0 radical (unpaired) electrons. The Morgan fingerprint density at radius 3 is 2.50 bits per heavy atom. The quantitative estimate of drug-likeness (QED) is 0.710. The van der Waals surface area contributed by atoms with Gasteiger partial charge in [-0.1, -0.05) is 13.8 Å². The van der Waals surface area contributed by atoms with E-state index in [4.69, 9.17) is 4.74 Å². The van der Waals surface area contributed by atoms with Crippen LogP contribution >= 0.6 is 0 Å². The molecule has 0 bridgehead atoms. The predicted octanol–water partition coefficient (Wildman–Crippen LogP) is 0.917. The third-order valence-corrected chi connectivity index (χ3v) is 3.10. The van der Waals surface area contributed by atoms with E-state index in [9.17, 15) is 4.79 Å². The molecule has 4 nitrogen and oxygen atoms in total. The van der Waals surface area contributed by atoms with Crippen molar-refractivity contribution in [3.63, 3.8) is 0 Å². The van der Waals surface area contributed by atoms with E-state index in [0.29, 0.717) is 6.54 Å². The van der Waals surface area contributed by atoms with Crippen molar-refractivity contribution in [3.05, 3.63) is 0 Å². The van der Waals surface area contributed by atoms with E-state index in [1.165, 1.54) is 0 Å². The SMILES string of the molecule is CCC(C)(C)NC(=O)CNCC1(C)COC1. The van der Waals surface area contributed by atoms with Crippen molar-refractivity contribution < 1.29 is 9.53 Å². The van der Waals surface area contributed by atoms with Gasteiger partial charge in [-0.2, -0.15) is 0 Å². The van der Waals surface area contributed by atoms with Crippen LogP contribution in [0, 0.1) is 5.41 Å². The van der Waals surface area contributed by atoms with Gasteiger partial charge in [0.2, 0.25) is 5.91 Å². The van der Waals surface area contributed by atoms with Crippen LogP contribution < -0.4 is 10.6 Å². The molecule has 1 aliphatic rings. The van der Waals surface area contributed by atoms with Crippen molar-refractivity contribution in [2.24, 2.45) is 5.41 Å². The Labute approximate surface area is 98.1 Å². The molecule has 0 aliphatic carbocycles. The number of ether oxygens (including phenoxy) is 1. The van der Waals surface area contributed by atoms with E-state index in [1.807, 2.05) is 13.8 Å². The van der Waals surface area contributed by atoms with Gasteiger partial charge in [-0.3, -0.25) is 4.79 Å². The lowest BCUT2D eigenvalue weighted by atomic mass is 9.89. The highest BCUT2D eigenvalue weighted by Crippen LogP contribution is 2.24. The fourth-order valence-electron chi connectivity index (χ4n) is 1.54. The summed E-state index contributed by atoms with van der Waals surface area (Å²) < 4.78 is 5.15. The summed E-state index contributed by atoms with van der Waals surface area (Å²) in [5.41, 5.74) is 0.114. The number of carbonyl (C=O) groups is 1. The van der Waals surface area contributed by atoms with Gasteiger partial charge in [0.1, 0.15) is 0 Å². The van der Waals surface area contributed by atoms with Gasteiger partial charge in [0.05, 0.1) is 19.8 Å². The van der Waals surface area contributed by atoms with E-state index < -0.39 is 0 Å². The summed E-state index contributed by atoms with van der Waals surface area (Å²) >= 11 is 0. The number of nitrogens with one attached hydrogen (secondary N) is 2. The van der Waals surface area contributed by atoms with E-state index >= 15 is 0 Å². The molecule has 4 heteroatoms. The minimum absolute atomic E-state index is 0.0655. The molecule has 0 atom stereocenters. The summed E-state index contributed by atoms with van der Waals surface area (Å²) in [6.45, 7) is 11.1. The summed E-state index contributed by atoms with van der Waals surface area (Å²) in [4.78, 5) is 11.6. The Morgan fingerprint density at radius 1 is 1.44 bits per heavy atom. The first kappa shape index (κ1) is 13.5. The first-order chi connectivity index (χ1) is 7.37. The summed E-state index contributed by atoms with van der Waals surface area (Å²) in [5, 5.41) is 6.18. The highest BCUT2D eigenvalue weighted by Gasteiger charge is 2.32. The van der Waals surface area contributed by atoms with Crippen molar-refractivity contribution in [1.82, 2.24) is 10.6 Å². The molecule has 0 aromatic rings. The summed E-state index contributed by atoms with van der Waals surface area (Å²) in [6, 6.07) is 0. The summed E-state index contributed by atoms with van der Waals surface area (Å²) in [7, 11) is 0. The van der Waals surface area contributed by atoms with Crippen LogP contribution in [0.4, 0.5) is 0 Å². The Balaban J connectivity index is 2.15. The molecule has 1 fully saturated rings. The van der Waals surface area contributed by atoms with E-state index in [0.717, 1.165) is 26.2 Å². The van der Waals surface area contributed by atoms with Gasteiger partial charge in [-0.25, -0.2) is 0 Å². The second-order valence-corrected chi connectivity index (χ2v) is 5.69. The van der Waals surface area contributed by atoms with Crippen LogP contribution in [0.1, 0.15) is 34.1 Å². The third-order valence-electron chi connectivity index (χ3n) is 3.10. The average Bonchev–Trinajstić information content (AvgIpc) is 2.14.